The smallest absolute Gasteiger partial charge is 0.127 e. The summed E-state index contributed by atoms with van der Waals surface area (Å²) in [5.41, 5.74) is 3.39. The van der Waals surface area contributed by atoms with E-state index in [1.165, 1.54) is 12.5 Å². The number of nitrogens with two attached hydrogens (primary N) is 1. The summed E-state index contributed by atoms with van der Waals surface area (Å²) in [5, 5.41) is 0.474. The average Bonchev–Trinajstić information content (AvgIpc) is 2.77. The van der Waals surface area contributed by atoms with Crippen LogP contribution >= 0.6 is 23.4 Å². The van der Waals surface area contributed by atoms with Gasteiger partial charge >= 0.3 is 0 Å². The van der Waals surface area contributed by atoms with E-state index in [0.29, 0.717) is 17.0 Å². The van der Waals surface area contributed by atoms with E-state index in [2.05, 4.69) is 12.3 Å². The molecule has 0 amide bonds. The first-order valence-electron chi connectivity index (χ1n) is 6.10. The van der Waals surface area contributed by atoms with Gasteiger partial charge in [-0.05, 0) is 44.1 Å². The molecule has 0 spiro atoms. The third kappa shape index (κ3) is 2.82. The van der Waals surface area contributed by atoms with Crippen molar-refractivity contribution in [2.45, 2.75) is 37.0 Å². The molecule has 3 N–H and O–H groups in total. The highest BCUT2D eigenvalue weighted by atomic mass is 35.5. The van der Waals surface area contributed by atoms with E-state index in [0.717, 1.165) is 12.2 Å². The maximum absolute atomic E-state index is 13.8. The van der Waals surface area contributed by atoms with Gasteiger partial charge in [-0.1, -0.05) is 17.7 Å². The molecule has 2 unspecified atom stereocenters. The van der Waals surface area contributed by atoms with Crippen molar-refractivity contribution in [1.29, 1.82) is 0 Å². The number of hydrogen-bond acceptors (Lipinski definition) is 3. The summed E-state index contributed by atoms with van der Waals surface area (Å²) in [6, 6.07) is 4.81. The fourth-order valence-electron chi connectivity index (χ4n) is 2.46. The molecular weight excluding hydrogens is 271 g/mol. The molecule has 1 fully saturated rings. The lowest BCUT2D eigenvalue weighted by molar-refractivity contribution is 0.401. The number of benzene rings is 1. The topological polar surface area (TPSA) is 38.0 Å². The van der Waals surface area contributed by atoms with Crippen LogP contribution < -0.4 is 11.3 Å². The predicted octanol–water partition coefficient (Wildman–Crippen LogP) is 3.14. The number of nitrogens with one attached hydrogen (secondary N) is 1. The first-order valence-corrected chi connectivity index (χ1v) is 7.46. The Bertz CT molecular complexity index is 401. The Morgan fingerprint density at radius 3 is 2.94 bits per heavy atom. The maximum atomic E-state index is 13.8. The van der Waals surface area contributed by atoms with E-state index in [-0.39, 0.29) is 16.6 Å². The molecule has 1 aromatic carbocycles. The quantitative estimate of drug-likeness (QED) is 0.660. The Morgan fingerprint density at radius 2 is 2.39 bits per heavy atom. The lowest BCUT2D eigenvalue weighted by atomic mass is 9.91. The highest BCUT2D eigenvalue weighted by molar-refractivity contribution is 8.00. The van der Waals surface area contributed by atoms with Crippen LogP contribution in [0.15, 0.2) is 18.2 Å². The van der Waals surface area contributed by atoms with Crippen molar-refractivity contribution < 1.29 is 4.39 Å². The predicted molar refractivity (Wildman–Crippen MR) is 76.3 cm³/mol. The highest BCUT2D eigenvalue weighted by Gasteiger charge is 2.37. The zero-order valence-corrected chi connectivity index (χ0v) is 12.0. The Balaban J connectivity index is 2.20. The minimum absolute atomic E-state index is 0.0272. The molecule has 100 valence electrons. The largest absolute Gasteiger partial charge is 0.271 e. The molecule has 0 saturated carbocycles. The van der Waals surface area contributed by atoms with Gasteiger partial charge in [0.05, 0.1) is 0 Å². The van der Waals surface area contributed by atoms with Crippen molar-refractivity contribution in [3.63, 3.8) is 0 Å². The van der Waals surface area contributed by atoms with Crippen molar-refractivity contribution in [2.24, 2.45) is 5.84 Å². The summed E-state index contributed by atoms with van der Waals surface area (Å²) >= 11 is 7.97. The van der Waals surface area contributed by atoms with Gasteiger partial charge < -0.3 is 0 Å². The third-order valence-corrected chi connectivity index (χ3v) is 5.65. The van der Waals surface area contributed by atoms with E-state index < -0.39 is 0 Å². The SMILES string of the molecule is CC1(C(Cc2c(F)cccc2Cl)NN)CCCS1. The molecular formula is C13H18ClFN2S. The Hall–Kier alpha value is -0.290. The molecule has 1 aliphatic heterocycles. The first kappa shape index (κ1) is 14.1. The van der Waals surface area contributed by atoms with Crippen molar-refractivity contribution in [3.05, 3.63) is 34.6 Å². The summed E-state index contributed by atoms with van der Waals surface area (Å²) in [7, 11) is 0. The Labute approximate surface area is 116 Å². The second-order valence-corrected chi connectivity index (χ2v) is 6.93. The van der Waals surface area contributed by atoms with Gasteiger partial charge in [-0.2, -0.15) is 11.8 Å². The van der Waals surface area contributed by atoms with Crippen LogP contribution in [-0.4, -0.2) is 16.5 Å². The highest BCUT2D eigenvalue weighted by Crippen LogP contribution is 2.41. The van der Waals surface area contributed by atoms with Gasteiger partial charge in [-0.25, -0.2) is 4.39 Å². The summed E-state index contributed by atoms with van der Waals surface area (Å²) < 4.78 is 13.9. The van der Waals surface area contributed by atoms with E-state index in [9.17, 15) is 4.39 Å². The second-order valence-electron chi connectivity index (χ2n) is 4.89. The summed E-state index contributed by atoms with van der Waals surface area (Å²) in [6.45, 7) is 2.18. The second kappa shape index (κ2) is 5.78. The van der Waals surface area contributed by atoms with Gasteiger partial charge in [0.15, 0.2) is 0 Å². The van der Waals surface area contributed by atoms with Gasteiger partial charge in [0.25, 0.3) is 0 Å². The zero-order valence-electron chi connectivity index (χ0n) is 10.4. The van der Waals surface area contributed by atoms with Crippen molar-refractivity contribution in [2.75, 3.05) is 5.75 Å². The number of hydrogen-bond donors (Lipinski definition) is 2. The summed E-state index contributed by atoms with van der Waals surface area (Å²) in [4.78, 5) is 0. The minimum atomic E-state index is -0.255. The van der Waals surface area contributed by atoms with E-state index >= 15 is 0 Å². The lowest BCUT2D eigenvalue weighted by Gasteiger charge is -2.33. The monoisotopic (exact) mass is 288 g/mol. The van der Waals surface area contributed by atoms with Crippen molar-refractivity contribution >= 4 is 23.4 Å². The Kier molecular flexibility index (Phi) is 4.54. The first-order chi connectivity index (χ1) is 8.57. The molecule has 1 saturated heterocycles. The van der Waals surface area contributed by atoms with Crippen molar-refractivity contribution in [3.8, 4) is 0 Å². The number of halogens is 2. The molecule has 0 aliphatic carbocycles. The molecule has 2 rings (SSSR count). The molecule has 0 aromatic heterocycles. The van der Waals surface area contributed by atoms with Crippen LogP contribution in [0.4, 0.5) is 4.39 Å². The fourth-order valence-corrected chi connectivity index (χ4v) is 4.09. The zero-order chi connectivity index (χ0) is 13.2. The van der Waals surface area contributed by atoms with Crippen LogP contribution in [0.25, 0.3) is 0 Å². The van der Waals surface area contributed by atoms with E-state index in [1.54, 1.807) is 12.1 Å². The van der Waals surface area contributed by atoms with Crippen LogP contribution in [0, 0.1) is 5.82 Å². The average molecular weight is 289 g/mol. The van der Waals surface area contributed by atoms with Crippen LogP contribution in [0.3, 0.4) is 0 Å². The number of rotatable bonds is 4. The molecule has 1 aliphatic rings. The molecule has 2 atom stereocenters. The van der Waals surface area contributed by atoms with Crippen molar-refractivity contribution in [1.82, 2.24) is 5.43 Å². The third-order valence-electron chi connectivity index (χ3n) is 3.66. The van der Waals surface area contributed by atoms with E-state index in [1.807, 2.05) is 11.8 Å². The molecule has 1 heterocycles. The summed E-state index contributed by atoms with van der Waals surface area (Å²) in [6.07, 6.45) is 2.80. The van der Waals surface area contributed by atoms with Gasteiger partial charge in [-0.3, -0.25) is 11.3 Å². The molecule has 2 nitrogen and oxygen atoms in total. The summed E-state index contributed by atoms with van der Waals surface area (Å²) in [5.74, 6) is 6.54. The molecule has 1 aromatic rings. The fraction of sp³-hybridized carbons (Fsp3) is 0.538. The van der Waals surface area contributed by atoms with Gasteiger partial charge in [-0.15, -0.1) is 0 Å². The van der Waals surface area contributed by atoms with E-state index in [4.69, 9.17) is 17.4 Å². The molecule has 0 bridgehead atoms. The Morgan fingerprint density at radius 1 is 1.61 bits per heavy atom. The molecule has 18 heavy (non-hydrogen) atoms. The van der Waals surface area contributed by atoms with Crippen LogP contribution in [-0.2, 0) is 6.42 Å². The molecule has 0 radical (unpaired) electrons. The molecule has 5 heteroatoms. The number of thioether (sulfide) groups is 1. The van der Waals surface area contributed by atoms with Gasteiger partial charge in [0, 0.05) is 21.4 Å². The number of hydrazine groups is 1. The van der Waals surface area contributed by atoms with Crippen LogP contribution in [0.2, 0.25) is 5.02 Å². The lowest BCUT2D eigenvalue weighted by Crippen LogP contribution is -2.50. The van der Waals surface area contributed by atoms with Crippen LogP contribution in [0.5, 0.6) is 0 Å². The standard InChI is InChI=1S/C13H18ClFN2S/c1-13(6-3-7-18-13)12(17-16)8-9-10(14)4-2-5-11(9)15/h2,4-5,12,17H,3,6-8,16H2,1H3. The van der Waals surface area contributed by atoms with Gasteiger partial charge in [0.2, 0.25) is 0 Å². The van der Waals surface area contributed by atoms with Gasteiger partial charge in [0.1, 0.15) is 5.82 Å². The maximum Gasteiger partial charge on any atom is 0.127 e. The van der Waals surface area contributed by atoms with Crippen LogP contribution in [0.1, 0.15) is 25.3 Å². The minimum Gasteiger partial charge on any atom is -0.271 e. The normalized spacial score (nSPS) is 25.3.